The zero-order chi connectivity index (χ0) is 20.1. The third kappa shape index (κ3) is 5.16. The number of hydrogen-bond donors (Lipinski definition) is 0. The summed E-state index contributed by atoms with van der Waals surface area (Å²) in [5.74, 6) is -2.74. The number of benzene rings is 2. The van der Waals surface area contributed by atoms with Crippen LogP contribution in [0.2, 0.25) is 18.1 Å². The van der Waals surface area contributed by atoms with Crippen molar-refractivity contribution in [1.29, 1.82) is 0 Å². The van der Waals surface area contributed by atoms with Crippen LogP contribution in [-0.2, 0) is 0 Å². The van der Waals surface area contributed by atoms with Gasteiger partial charge in [0.2, 0.25) is 0 Å². The van der Waals surface area contributed by atoms with Gasteiger partial charge < -0.3 is 4.74 Å². The highest BCUT2D eigenvalue weighted by Gasteiger charge is 2.23. The molecule has 1 saturated heterocycles. The van der Waals surface area contributed by atoms with Gasteiger partial charge in [0.15, 0.2) is 17.4 Å². The van der Waals surface area contributed by atoms with Crippen LogP contribution in [0.1, 0.15) is 44.1 Å². The summed E-state index contributed by atoms with van der Waals surface area (Å²) in [4.78, 5) is 0. The number of ether oxygens (including phenoxy) is 1. The summed E-state index contributed by atoms with van der Waals surface area (Å²) in [5.41, 5.74) is 2.22. The maximum Gasteiger partial charge on any atom is 0.387 e. The second-order valence-electron chi connectivity index (χ2n) is 7.63. The van der Waals surface area contributed by atoms with Gasteiger partial charge >= 0.3 is 6.61 Å². The van der Waals surface area contributed by atoms with E-state index in [1.165, 1.54) is 49.4 Å². The minimum absolute atomic E-state index is 0.304. The molecule has 1 aliphatic heterocycles. The molecular weight excluding hydrogens is 384 g/mol. The monoisotopic (exact) mass is 410 g/mol. The van der Waals surface area contributed by atoms with Crippen LogP contribution in [0.25, 0.3) is 11.1 Å². The number of unbranched alkanes of at least 4 members (excludes halogenated alkanes) is 1. The molecule has 0 atom stereocenters. The quantitative estimate of drug-likeness (QED) is 0.348. The smallest absolute Gasteiger partial charge is 0.387 e. The van der Waals surface area contributed by atoms with Crippen molar-refractivity contribution in [2.75, 3.05) is 0 Å². The summed E-state index contributed by atoms with van der Waals surface area (Å²) in [6, 6.07) is 14.0. The molecule has 0 saturated carbocycles. The number of halogens is 4. The minimum atomic E-state index is -3.27. The van der Waals surface area contributed by atoms with E-state index < -0.39 is 32.8 Å². The molecule has 0 unspecified atom stereocenters. The van der Waals surface area contributed by atoms with E-state index >= 15 is 0 Å². The second-order valence-corrected chi connectivity index (χ2v) is 11.1. The highest BCUT2D eigenvalue weighted by Crippen LogP contribution is 2.36. The highest BCUT2D eigenvalue weighted by molar-refractivity contribution is 6.59. The molecule has 28 heavy (non-hydrogen) atoms. The van der Waals surface area contributed by atoms with E-state index in [-0.39, 0.29) is 0 Å². The van der Waals surface area contributed by atoms with Gasteiger partial charge in [-0.1, -0.05) is 62.2 Å². The number of alkyl halides is 2. The maximum atomic E-state index is 14.0. The first-order valence-electron chi connectivity index (χ1n) is 10.0. The molecule has 0 aromatic heterocycles. The first-order chi connectivity index (χ1) is 13.5. The lowest BCUT2D eigenvalue weighted by Gasteiger charge is -2.28. The predicted molar refractivity (Wildman–Crippen MR) is 107 cm³/mol. The molecule has 6 heteroatoms. The van der Waals surface area contributed by atoms with Crippen molar-refractivity contribution in [2.45, 2.75) is 63.3 Å². The van der Waals surface area contributed by atoms with E-state index in [9.17, 15) is 17.6 Å². The number of hydrogen-bond acceptors (Lipinski definition) is 1. The van der Waals surface area contributed by atoms with Crippen LogP contribution in [0, 0.1) is 11.6 Å². The van der Waals surface area contributed by atoms with Gasteiger partial charge in [0.05, 0.1) is 0 Å². The molecule has 1 aliphatic rings. The summed E-state index contributed by atoms with van der Waals surface area (Å²) in [6.07, 6.45) is 5.13. The lowest BCUT2D eigenvalue weighted by atomic mass is 9.92. The van der Waals surface area contributed by atoms with Crippen molar-refractivity contribution >= 4 is 8.80 Å². The third-order valence-corrected chi connectivity index (χ3v) is 9.26. The first-order valence-corrected chi connectivity index (χ1v) is 12.5. The van der Waals surface area contributed by atoms with Crippen LogP contribution in [0.15, 0.2) is 36.4 Å². The summed E-state index contributed by atoms with van der Waals surface area (Å²) in [6.45, 7) is -1.02. The third-order valence-electron chi connectivity index (χ3n) is 5.73. The average Bonchev–Trinajstić information content (AvgIpc) is 2.69. The summed E-state index contributed by atoms with van der Waals surface area (Å²) >= 11 is 0. The zero-order valence-corrected chi connectivity index (χ0v) is 17.2. The van der Waals surface area contributed by atoms with Crippen LogP contribution in [0.5, 0.6) is 5.75 Å². The summed E-state index contributed by atoms with van der Waals surface area (Å²) < 4.78 is 56.3. The van der Waals surface area contributed by atoms with E-state index in [1.54, 1.807) is 0 Å². The van der Waals surface area contributed by atoms with E-state index in [2.05, 4.69) is 11.7 Å². The predicted octanol–water partition coefficient (Wildman–Crippen LogP) is 7.14. The Labute approximate surface area is 165 Å². The van der Waals surface area contributed by atoms with Gasteiger partial charge in [0.1, 0.15) is 0 Å². The van der Waals surface area contributed by atoms with Gasteiger partial charge in [-0.3, -0.25) is 0 Å². The summed E-state index contributed by atoms with van der Waals surface area (Å²) in [5, 5.41) is 0. The molecule has 2 aromatic rings. The topological polar surface area (TPSA) is 9.23 Å². The van der Waals surface area contributed by atoms with Gasteiger partial charge in [0, 0.05) is 8.80 Å². The van der Waals surface area contributed by atoms with Gasteiger partial charge in [-0.25, -0.2) is 8.78 Å². The molecule has 0 bridgehead atoms. The minimum Gasteiger partial charge on any atom is -0.429 e. The Morgan fingerprint density at radius 1 is 1.00 bits per heavy atom. The van der Waals surface area contributed by atoms with E-state index in [0.29, 0.717) is 17.0 Å². The van der Waals surface area contributed by atoms with E-state index in [0.717, 1.165) is 12.1 Å². The Bertz CT molecular complexity index is 748. The maximum absolute atomic E-state index is 14.0. The Kier molecular flexibility index (Phi) is 7.16. The van der Waals surface area contributed by atoms with Gasteiger partial charge in [0.25, 0.3) is 0 Å². The van der Waals surface area contributed by atoms with Crippen molar-refractivity contribution in [3.8, 4) is 16.9 Å². The molecule has 1 nitrogen and oxygen atoms in total. The molecule has 0 spiro atoms. The molecular formula is C22H26F4OSi. The SMILES string of the molecule is CCCC[SiH]1CCC(c2ccc(-c3cc(F)c(OC(F)F)c(F)c3)cc2)CC1. The fourth-order valence-corrected chi connectivity index (χ4v) is 7.75. The van der Waals surface area contributed by atoms with Gasteiger partial charge in [-0.15, -0.1) is 0 Å². The average molecular weight is 411 g/mol. The van der Waals surface area contributed by atoms with E-state index in [1.807, 2.05) is 24.3 Å². The van der Waals surface area contributed by atoms with Crippen LogP contribution < -0.4 is 4.74 Å². The van der Waals surface area contributed by atoms with Crippen molar-refractivity contribution in [1.82, 2.24) is 0 Å². The number of rotatable bonds is 7. The fraction of sp³-hybridized carbons (Fsp3) is 0.455. The van der Waals surface area contributed by atoms with Crippen LogP contribution in [0.4, 0.5) is 17.6 Å². The molecule has 3 rings (SSSR count). The molecule has 0 N–H and O–H groups in total. The van der Waals surface area contributed by atoms with Gasteiger partial charge in [-0.2, -0.15) is 8.78 Å². The molecule has 0 aliphatic carbocycles. The van der Waals surface area contributed by atoms with Crippen molar-refractivity contribution in [2.24, 2.45) is 0 Å². The van der Waals surface area contributed by atoms with Crippen LogP contribution in [0.3, 0.4) is 0 Å². The van der Waals surface area contributed by atoms with Gasteiger partial charge in [-0.05, 0) is 47.6 Å². The normalized spacial score (nSPS) is 19.8. The lowest BCUT2D eigenvalue weighted by Crippen LogP contribution is -2.20. The molecule has 1 fully saturated rings. The van der Waals surface area contributed by atoms with Crippen molar-refractivity contribution in [3.05, 3.63) is 53.6 Å². The molecule has 0 amide bonds. The highest BCUT2D eigenvalue weighted by atomic mass is 28.3. The Morgan fingerprint density at radius 3 is 2.14 bits per heavy atom. The Hall–Kier alpha value is -1.82. The molecule has 2 aromatic carbocycles. The Balaban J connectivity index is 1.68. The standard InChI is InChI=1S/C22H26F4OSi/c1-2-3-10-28-11-8-17(9-12-28)15-4-6-16(7-5-15)18-13-19(23)21(20(24)14-18)27-22(25)26/h4-7,13-14,17,22,28H,2-3,8-12H2,1H3. The van der Waals surface area contributed by atoms with E-state index in [4.69, 9.17) is 0 Å². The zero-order valence-electron chi connectivity index (χ0n) is 16.1. The molecule has 1 heterocycles. The molecule has 0 radical (unpaired) electrons. The summed E-state index contributed by atoms with van der Waals surface area (Å²) in [7, 11) is -0.540. The lowest BCUT2D eigenvalue weighted by molar-refractivity contribution is -0.0546. The van der Waals surface area contributed by atoms with Crippen molar-refractivity contribution in [3.63, 3.8) is 0 Å². The van der Waals surface area contributed by atoms with Crippen LogP contribution >= 0.6 is 0 Å². The molecule has 152 valence electrons. The van der Waals surface area contributed by atoms with Crippen molar-refractivity contribution < 1.29 is 22.3 Å². The first kappa shape index (κ1) is 20.9. The largest absolute Gasteiger partial charge is 0.429 e. The van der Waals surface area contributed by atoms with Crippen LogP contribution in [-0.4, -0.2) is 15.4 Å². The fourth-order valence-electron chi connectivity index (χ4n) is 4.15. The second kappa shape index (κ2) is 9.59. The Morgan fingerprint density at radius 2 is 1.61 bits per heavy atom.